The molecular formula is C11H8INO4. The fraction of sp³-hybridized carbons (Fsp3) is 0.0909. The van der Waals surface area contributed by atoms with Crippen LogP contribution in [0.25, 0.3) is 10.9 Å². The van der Waals surface area contributed by atoms with Crippen LogP contribution in [0.15, 0.2) is 29.2 Å². The fourth-order valence-corrected chi connectivity index (χ4v) is 2.07. The first-order valence-corrected chi connectivity index (χ1v) is 5.75. The zero-order valence-corrected chi connectivity index (χ0v) is 11.0. The van der Waals surface area contributed by atoms with E-state index in [-0.39, 0.29) is 5.56 Å². The minimum Gasteiger partial charge on any atom is -0.477 e. The predicted molar refractivity (Wildman–Crippen MR) is 70.4 cm³/mol. The van der Waals surface area contributed by atoms with Gasteiger partial charge in [0.05, 0.1) is 17.1 Å². The summed E-state index contributed by atoms with van der Waals surface area (Å²) in [5, 5.41) is 9.28. The van der Waals surface area contributed by atoms with E-state index in [2.05, 4.69) is 22.6 Å². The number of carboxylic acids is 1. The third-order valence-corrected chi connectivity index (χ3v) is 3.03. The first-order chi connectivity index (χ1) is 8.04. The highest BCUT2D eigenvalue weighted by Crippen LogP contribution is 2.14. The number of nitrogens with zero attached hydrogens (tertiary/aromatic N) is 1. The van der Waals surface area contributed by atoms with Crippen molar-refractivity contribution in [3.63, 3.8) is 0 Å². The smallest absolute Gasteiger partial charge is 0.341 e. The summed E-state index contributed by atoms with van der Waals surface area (Å²) in [5.74, 6) is -1.26. The third kappa shape index (κ3) is 1.99. The molecule has 0 saturated heterocycles. The Morgan fingerprint density at radius 1 is 1.47 bits per heavy atom. The Balaban J connectivity index is 2.96. The molecule has 0 saturated carbocycles. The molecule has 2 rings (SSSR count). The quantitative estimate of drug-likeness (QED) is 0.835. The van der Waals surface area contributed by atoms with Crippen LogP contribution in [0.1, 0.15) is 10.4 Å². The van der Waals surface area contributed by atoms with Gasteiger partial charge in [0.25, 0.3) is 0 Å². The molecule has 1 heterocycles. The monoisotopic (exact) mass is 345 g/mol. The zero-order valence-electron chi connectivity index (χ0n) is 8.81. The van der Waals surface area contributed by atoms with Crippen molar-refractivity contribution >= 4 is 39.5 Å². The largest absolute Gasteiger partial charge is 0.477 e. The van der Waals surface area contributed by atoms with Crippen LogP contribution in [0, 0.1) is 3.57 Å². The van der Waals surface area contributed by atoms with Crippen molar-refractivity contribution in [3.05, 3.63) is 43.8 Å². The van der Waals surface area contributed by atoms with Crippen LogP contribution in [0.3, 0.4) is 0 Å². The number of hydrogen-bond acceptors (Lipinski definition) is 3. The van der Waals surface area contributed by atoms with Gasteiger partial charge >= 0.3 is 5.97 Å². The molecule has 1 aromatic heterocycles. The van der Waals surface area contributed by atoms with E-state index in [4.69, 9.17) is 9.94 Å². The molecule has 17 heavy (non-hydrogen) atoms. The van der Waals surface area contributed by atoms with Crippen molar-refractivity contribution in [1.29, 1.82) is 0 Å². The topological polar surface area (TPSA) is 68.5 Å². The van der Waals surface area contributed by atoms with Gasteiger partial charge in [0.1, 0.15) is 12.7 Å². The van der Waals surface area contributed by atoms with Crippen LogP contribution < -0.4 is 10.3 Å². The molecule has 1 aromatic carbocycles. The first kappa shape index (κ1) is 11.9. The van der Waals surface area contributed by atoms with Crippen molar-refractivity contribution in [3.8, 4) is 0 Å². The third-order valence-electron chi connectivity index (χ3n) is 2.36. The number of fused-ring (bicyclic) bond motifs is 1. The lowest BCUT2D eigenvalue weighted by Crippen LogP contribution is -2.21. The number of aromatic carboxylic acids is 1. The van der Waals surface area contributed by atoms with Gasteiger partial charge < -0.3 is 9.94 Å². The second-order valence-corrected chi connectivity index (χ2v) is 4.59. The summed E-state index contributed by atoms with van der Waals surface area (Å²) in [5.41, 5.74) is -0.261. The molecular weight excluding hydrogens is 337 g/mol. The average molecular weight is 345 g/mol. The molecule has 88 valence electrons. The summed E-state index contributed by atoms with van der Waals surface area (Å²) >= 11 is 2.06. The van der Waals surface area contributed by atoms with Gasteiger partial charge in [0.15, 0.2) is 0 Å². The van der Waals surface area contributed by atoms with Crippen LogP contribution >= 0.6 is 22.6 Å². The molecule has 0 fully saturated rings. The Labute approximate surface area is 110 Å². The second kappa shape index (κ2) is 4.36. The van der Waals surface area contributed by atoms with Gasteiger partial charge in [0.2, 0.25) is 5.43 Å². The Hall–Kier alpha value is -1.57. The van der Waals surface area contributed by atoms with Gasteiger partial charge in [0, 0.05) is 3.57 Å². The molecule has 2 aromatic rings. The molecule has 0 bridgehead atoms. The zero-order chi connectivity index (χ0) is 12.6. The summed E-state index contributed by atoms with van der Waals surface area (Å²) in [4.78, 5) is 27.9. The van der Waals surface area contributed by atoms with Gasteiger partial charge in [-0.15, -0.1) is 0 Å². The fourth-order valence-electron chi connectivity index (χ4n) is 1.58. The normalized spacial score (nSPS) is 10.5. The van der Waals surface area contributed by atoms with Crippen molar-refractivity contribution in [1.82, 2.24) is 4.73 Å². The van der Waals surface area contributed by atoms with E-state index in [9.17, 15) is 9.59 Å². The van der Waals surface area contributed by atoms with Crippen molar-refractivity contribution in [2.24, 2.45) is 0 Å². The number of halogens is 1. The van der Waals surface area contributed by atoms with E-state index < -0.39 is 11.4 Å². The van der Waals surface area contributed by atoms with Crippen LogP contribution in [0.4, 0.5) is 0 Å². The average Bonchev–Trinajstić information content (AvgIpc) is 2.29. The minimum atomic E-state index is -1.26. The number of carboxylic acid groups (broad SMARTS) is 1. The summed E-state index contributed by atoms with van der Waals surface area (Å²) < 4.78 is 2.13. The van der Waals surface area contributed by atoms with Crippen LogP contribution in [-0.2, 0) is 0 Å². The highest BCUT2D eigenvalue weighted by Gasteiger charge is 2.14. The summed E-state index contributed by atoms with van der Waals surface area (Å²) in [6.45, 7) is 0. The van der Waals surface area contributed by atoms with Gasteiger partial charge in [-0.2, -0.15) is 4.73 Å². The molecule has 0 spiro atoms. The van der Waals surface area contributed by atoms with E-state index in [1.807, 2.05) is 6.07 Å². The Morgan fingerprint density at radius 3 is 2.76 bits per heavy atom. The molecule has 6 heteroatoms. The highest BCUT2D eigenvalue weighted by molar-refractivity contribution is 14.1. The molecule has 0 aliphatic heterocycles. The lowest BCUT2D eigenvalue weighted by Gasteiger charge is -2.10. The maximum Gasteiger partial charge on any atom is 0.341 e. The molecule has 0 unspecified atom stereocenters. The van der Waals surface area contributed by atoms with Crippen LogP contribution in [0.2, 0.25) is 0 Å². The van der Waals surface area contributed by atoms with Crippen molar-refractivity contribution in [2.45, 2.75) is 0 Å². The lowest BCUT2D eigenvalue weighted by molar-refractivity contribution is 0.0691. The molecule has 5 nitrogen and oxygen atoms in total. The van der Waals surface area contributed by atoms with E-state index in [0.29, 0.717) is 10.9 Å². The Morgan fingerprint density at radius 2 is 2.18 bits per heavy atom. The number of benzene rings is 1. The van der Waals surface area contributed by atoms with Crippen molar-refractivity contribution < 1.29 is 14.7 Å². The standard InChI is InChI=1S/C11H8INO4/c1-17-13-5-8(11(15)16)10(14)7-4-6(12)2-3-9(7)13/h2-5H,1H3,(H,15,16). The molecule has 1 N–H and O–H groups in total. The number of aromatic nitrogens is 1. The van der Waals surface area contributed by atoms with Crippen molar-refractivity contribution in [2.75, 3.05) is 7.11 Å². The van der Waals surface area contributed by atoms with E-state index in [1.54, 1.807) is 12.1 Å². The predicted octanol–water partition coefficient (Wildman–Crippen LogP) is 1.36. The molecule has 0 aliphatic rings. The molecule has 0 aliphatic carbocycles. The maximum absolute atomic E-state index is 11.9. The highest BCUT2D eigenvalue weighted by atomic mass is 127. The maximum atomic E-state index is 11.9. The van der Waals surface area contributed by atoms with Gasteiger partial charge in [-0.3, -0.25) is 4.79 Å². The molecule has 0 amide bonds. The number of carbonyl (C=O) groups is 1. The number of pyridine rings is 1. The first-order valence-electron chi connectivity index (χ1n) is 4.67. The Bertz CT molecular complexity index is 662. The van der Waals surface area contributed by atoms with E-state index in [0.717, 1.165) is 3.57 Å². The number of rotatable bonds is 2. The minimum absolute atomic E-state index is 0.304. The summed E-state index contributed by atoms with van der Waals surface area (Å²) in [7, 11) is 1.41. The van der Waals surface area contributed by atoms with E-state index in [1.165, 1.54) is 18.0 Å². The van der Waals surface area contributed by atoms with E-state index >= 15 is 0 Å². The lowest BCUT2D eigenvalue weighted by atomic mass is 10.1. The Kier molecular flexibility index (Phi) is 3.05. The second-order valence-electron chi connectivity index (χ2n) is 3.35. The molecule has 0 radical (unpaired) electrons. The number of hydrogen-bond donors (Lipinski definition) is 1. The van der Waals surface area contributed by atoms with Gasteiger partial charge in [-0.1, -0.05) is 0 Å². The summed E-state index contributed by atoms with van der Waals surface area (Å²) in [6, 6.07) is 5.17. The van der Waals surface area contributed by atoms with Crippen LogP contribution in [0.5, 0.6) is 0 Å². The SMILES string of the molecule is COn1cc(C(=O)O)c(=O)c2cc(I)ccc21. The van der Waals surface area contributed by atoms with Gasteiger partial charge in [-0.05, 0) is 40.8 Å². The van der Waals surface area contributed by atoms with Crippen LogP contribution in [-0.4, -0.2) is 22.9 Å². The summed E-state index contributed by atoms with van der Waals surface area (Å²) in [6.07, 6.45) is 1.18. The molecule has 0 atom stereocenters. The van der Waals surface area contributed by atoms with Gasteiger partial charge in [-0.25, -0.2) is 4.79 Å².